The summed E-state index contributed by atoms with van der Waals surface area (Å²) in [7, 11) is 0. The lowest BCUT2D eigenvalue weighted by molar-refractivity contribution is 0.0510. The number of ether oxygens (including phenoxy) is 1. The van der Waals surface area contributed by atoms with E-state index in [4.69, 9.17) is 4.74 Å². The summed E-state index contributed by atoms with van der Waals surface area (Å²) in [6, 6.07) is 4.47. The van der Waals surface area contributed by atoms with Crippen LogP contribution in [-0.2, 0) is 11.3 Å². The van der Waals surface area contributed by atoms with Crippen LogP contribution in [0.5, 0.6) is 0 Å². The fourth-order valence-corrected chi connectivity index (χ4v) is 3.00. The number of hydrogen-bond acceptors (Lipinski definition) is 4. The first-order chi connectivity index (χ1) is 10.9. The molecule has 1 aromatic heterocycles. The van der Waals surface area contributed by atoms with Gasteiger partial charge in [0.1, 0.15) is 5.60 Å². The van der Waals surface area contributed by atoms with Crippen LogP contribution in [0, 0.1) is 5.92 Å². The number of amides is 1. The summed E-state index contributed by atoms with van der Waals surface area (Å²) in [6.45, 7) is 7.13. The largest absolute Gasteiger partial charge is 0.444 e. The Labute approximate surface area is 139 Å². The molecule has 2 rings (SSSR count). The average Bonchev–Trinajstić information content (AvgIpc) is 2.51. The van der Waals surface area contributed by atoms with Crippen LogP contribution in [0.2, 0.25) is 0 Å². The van der Waals surface area contributed by atoms with Crippen LogP contribution in [0.1, 0.15) is 52.0 Å². The highest BCUT2D eigenvalue weighted by Crippen LogP contribution is 2.24. The monoisotopic (exact) mass is 319 g/mol. The first-order valence-electron chi connectivity index (χ1n) is 8.53. The maximum absolute atomic E-state index is 11.8. The fraction of sp³-hybridized carbons (Fsp3) is 0.667. The molecule has 1 aromatic rings. The molecule has 1 fully saturated rings. The Morgan fingerprint density at radius 1 is 1.35 bits per heavy atom. The third-order valence-corrected chi connectivity index (χ3v) is 4.11. The van der Waals surface area contributed by atoms with E-state index in [1.807, 2.05) is 33.0 Å². The molecule has 1 amide bonds. The summed E-state index contributed by atoms with van der Waals surface area (Å²) in [5, 5.41) is 6.55. The van der Waals surface area contributed by atoms with E-state index in [9.17, 15) is 4.79 Å². The van der Waals surface area contributed by atoms with Crippen molar-refractivity contribution in [3.63, 3.8) is 0 Å². The number of aromatic nitrogens is 1. The molecule has 2 N–H and O–H groups in total. The van der Waals surface area contributed by atoms with Crippen LogP contribution >= 0.6 is 0 Å². The minimum Gasteiger partial charge on any atom is -0.444 e. The third-order valence-electron chi connectivity index (χ3n) is 4.11. The predicted octanol–water partition coefficient (Wildman–Crippen LogP) is 3.25. The van der Waals surface area contributed by atoms with Gasteiger partial charge in [0.2, 0.25) is 0 Å². The summed E-state index contributed by atoms with van der Waals surface area (Å²) in [6.07, 6.45) is 8.12. The number of nitrogens with one attached hydrogen (secondary N) is 2. The van der Waals surface area contributed by atoms with Gasteiger partial charge in [-0.05, 0) is 51.2 Å². The van der Waals surface area contributed by atoms with E-state index in [0.717, 1.165) is 19.4 Å². The highest BCUT2D eigenvalue weighted by molar-refractivity contribution is 5.67. The summed E-state index contributed by atoms with van der Waals surface area (Å²) in [4.78, 5) is 16.0. The summed E-state index contributed by atoms with van der Waals surface area (Å²) >= 11 is 0. The molecule has 1 aliphatic rings. The normalized spacial score (nSPS) is 21.7. The number of hydrogen-bond donors (Lipinski definition) is 2. The van der Waals surface area contributed by atoms with Crippen LogP contribution in [0.4, 0.5) is 4.79 Å². The van der Waals surface area contributed by atoms with Gasteiger partial charge in [0, 0.05) is 31.5 Å². The van der Waals surface area contributed by atoms with Crippen molar-refractivity contribution in [3.8, 4) is 0 Å². The van der Waals surface area contributed by atoms with Crippen LogP contribution < -0.4 is 10.6 Å². The Morgan fingerprint density at radius 3 is 2.83 bits per heavy atom. The first kappa shape index (κ1) is 17.7. The summed E-state index contributed by atoms with van der Waals surface area (Å²) in [5.74, 6) is 0.452. The SMILES string of the molecule is CC(C)(C)OC(=O)NCC1CCCCC1NCc1cccnc1. The van der Waals surface area contributed by atoms with Crippen molar-refractivity contribution in [1.29, 1.82) is 0 Å². The third kappa shape index (κ3) is 6.57. The number of carbonyl (C=O) groups excluding carboxylic acids is 1. The van der Waals surface area contributed by atoms with Gasteiger partial charge in [0.05, 0.1) is 0 Å². The van der Waals surface area contributed by atoms with Gasteiger partial charge in [-0.3, -0.25) is 4.98 Å². The van der Waals surface area contributed by atoms with Gasteiger partial charge in [-0.2, -0.15) is 0 Å². The Morgan fingerprint density at radius 2 is 2.13 bits per heavy atom. The average molecular weight is 319 g/mol. The molecule has 1 heterocycles. The number of pyridine rings is 1. The van der Waals surface area contributed by atoms with E-state index in [0.29, 0.717) is 18.5 Å². The lowest BCUT2D eigenvalue weighted by atomic mass is 9.84. The highest BCUT2D eigenvalue weighted by atomic mass is 16.6. The fourth-order valence-electron chi connectivity index (χ4n) is 3.00. The standard InChI is InChI=1S/C18H29N3O2/c1-18(2,3)23-17(22)21-13-15-8-4-5-9-16(15)20-12-14-7-6-10-19-11-14/h6-7,10-11,15-16,20H,4-5,8-9,12-13H2,1-3H3,(H,21,22). The maximum Gasteiger partial charge on any atom is 0.407 e. The van der Waals surface area contributed by atoms with E-state index < -0.39 is 5.60 Å². The molecule has 0 spiro atoms. The Kier molecular flexibility index (Phi) is 6.39. The van der Waals surface area contributed by atoms with Gasteiger partial charge in [-0.15, -0.1) is 0 Å². The van der Waals surface area contributed by atoms with Crippen molar-refractivity contribution in [1.82, 2.24) is 15.6 Å². The molecular weight excluding hydrogens is 290 g/mol. The lowest BCUT2D eigenvalue weighted by Gasteiger charge is -2.32. The Bertz CT molecular complexity index is 485. The predicted molar refractivity (Wildman–Crippen MR) is 91.1 cm³/mol. The van der Waals surface area contributed by atoms with Crippen molar-refractivity contribution in [2.45, 2.75) is 64.6 Å². The van der Waals surface area contributed by atoms with Crippen molar-refractivity contribution >= 4 is 6.09 Å². The van der Waals surface area contributed by atoms with Crippen molar-refractivity contribution in [3.05, 3.63) is 30.1 Å². The van der Waals surface area contributed by atoms with E-state index in [1.165, 1.54) is 18.4 Å². The summed E-state index contributed by atoms with van der Waals surface area (Å²) in [5.41, 5.74) is 0.742. The molecule has 2 atom stereocenters. The zero-order valence-corrected chi connectivity index (χ0v) is 14.5. The van der Waals surface area contributed by atoms with Crippen molar-refractivity contribution < 1.29 is 9.53 Å². The second-order valence-electron chi connectivity index (χ2n) is 7.28. The van der Waals surface area contributed by atoms with E-state index in [1.54, 1.807) is 6.20 Å². The first-order valence-corrected chi connectivity index (χ1v) is 8.53. The molecular formula is C18H29N3O2. The Balaban J connectivity index is 1.80. The highest BCUT2D eigenvalue weighted by Gasteiger charge is 2.26. The van der Waals surface area contributed by atoms with E-state index >= 15 is 0 Å². The molecule has 0 bridgehead atoms. The number of carbonyl (C=O) groups is 1. The minimum absolute atomic E-state index is 0.325. The Hall–Kier alpha value is -1.62. The summed E-state index contributed by atoms with van der Waals surface area (Å²) < 4.78 is 5.31. The molecule has 0 saturated heterocycles. The number of rotatable bonds is 5. The smallest absolute Gasteiger partial charge is 0.407 e. The molecule has 128 valence electrons. The molecule has 1 saturated carbocycles. The van der Waals surface area contributed by atoms with Gasteiger partial charge in [0.25, 0.3) is 0 Å². The lowest BCUT2D eigenvalue weighted by Crippen LogP contribution is -2.44. The second kappa shape index (κ2) is 8.29. The zero-order valence-electron chi connectivity index (χ0n) is 14.5. The quantitative estimate of drug-likeness (QED) is 0.874. The molecule has 0 aliphatic heterocycles. The molecule has 1 aliphatic carbocycles. The molecule has 0 aromatic carbocycles. The molecule has 23 heavy (non-hydrogen) atoms. The second-order valence-corrected chi connectivity index (χ2v) is 7.28. The number of alkyl carbamates (subject to hydrolysis) is 1. The van der Waals surface area contributed by atoms with Crippen LogP contribution in [0.15, 0.2) is 24.5 Å². The van der Waals surface area contributed by atoms with Crippen LogP contribution in [-0.4, -0.2) is 29.3 Å². The number of nitrogens with zero attached hydrogens (tertiary/aromatic N) is 1. The van der Waals surface area contributed by atoms with Gasteiger partial charge in [-0.1, -0.05) is 18.9 Å². The zero-order chi connectivity index (χ0) is 16.7. The molecule has 5 nitrogen and oxygen atoms in total. The van der Waals surface area contributed by atoms with Gasteiger partial charge >= 0.3 is 6.09 Å². The van der Waals surface area contributed by atoms with E-state index in [2.05, 4.69) is 21.7 Å². The van der Waals surface area contributed by atoms with Gasteiger partial charge in [0.15, 0.2) is 0 Å². The molecule has 2 unspecified atom stereocenters. The van der Waals surface area contributed by atoms with Crippen molar-refractivity contribution in [2.24, 2.45) is 5.92 Å². The van der Waals surface area contributed by atoms with Crippen molar-refractivity contribution in [2.75, 3.05) is 6.54 Å². The van der Waals surface area contributed by atoms with Crippen LogP contribution in [0.25, 0.3) is 0 Å². The van der Waals surface area contributed by atoms with Gasteiger partial charge < -0.3 is 15.4 Å². The van der Waals surface area contributed by atoms with Gasteiger partial charge in [-0.25, -0.2) is 4.79 Å². The topological polar surface area (TPSA) is 63.2 Å². The van der Waals surface area contributed by atoms with E-state index in [-0.39, 0.29) is 6.09 Å². The molecule has 5 heteroatoms. The minimum atomic E-state index is -0.450. The maximum atomic E-state index is 11.8. The molecule has 0 radical (unpaired) electrons. The van der Waals surface area contributed by atoms with Crippen LogP contribution in [0.3, 0.4) is 0 Å².